The number of hydrogen-bond acceptors (Lipinski definition) is 7. The average molecular weight is 349 g/mol. The Morgan fingerprint density at radius 2 is 2.05 bits per heavy atom. The van der Waals surface area contributed by atoms with E-state index in [0.29, 0.717) is 31.9 Å². The number of benzene rings is 1. The molecule has 0 saturated carbocycles. The van der Waals surface area contributed by atoms with Crippen molar-refractivity contribution in [1.29, 1.82) is 0 Å². The van der Waals surface area contributed by atoms with Gasteiger partial charge in [-0.3, -0.25) is 4.79 Å². The molecule has 0 spiro atoms. The number of carbonyl (C=O) groups is 1. The molecule has 8 heteroatoms. The van der Waals surface area contributed by atoms with E-state index in [1.807, 2.05) is 0 Å². The summed E-state index contributed by atoms with van der Waals surface area (Å²) in [6.07, 6.45) is 2.41. The average Bonchev–Trinajstić information content (AvgIpc) is 2.54. The van der Waals surface area contributed by atoms with Crippen LogP contribution in [0.15, 0.2) is 18.2 Å². The molecule has 0 aliphatic carbocycles. The van der Waals surface area contributed by atoms with Crippen LogP contribution in [-0.2, 0) is 14.3 Å². The third kappa shape index (κ3) is 7.88. The van der Waals surface area contributed by atoms with Gasteiger partial charge < -0.3 is 18.9 Å². The number of halogens is 1. The molecule has 1 rings (SSSR count). The zero-order valence-electron chi connectivity index (χ0n) is 12.3. The first kappa shape index (κ1) is 19.1. The Kier molecular flexibility index (Phi) is 10.1. The Morgan fingerprint density at radius 3 is 2.77 bits per heavy atom. The Morgan fingerprint density at radius 1 is 1.27 bits per heavy atom. The highest BCUT2D eigenvalue weighted by Crippen LogP contribution is 2.22. The standard InChI is InChI=1S/C14H20FNO4S2/c1-22-14(17)10-19-6-2-5-18-7-8-20-13-9-11(16-21)3-4-12(13)15/h3-4,9,16,21H,2,5-8,10H2,1H3. The van der Waals surface area contributed by atoms with Crippen molar-refractivity contribution in [3.8, 4) is 5.75 Å². The molecule has 22 heavy (non-hydrogen) atoms. The van der Waals surface area contributed by atoms with Crippen molar-refractivity contribution in [2.75, 3.05) is 44.0 Å². The lowest BCUT2D eigenvalue weighted by Gasteiger charge is -2.09. The van der Waals surface area contributed by atoms with Crippen LogP contribution in [-0.4, -0.2) is 44.4 Å². The molecule has 0 aliphatic rings. The number of rotatable bonds is 11. The van der Waals surface area contributed by atoms with E-state index in [0.717, 1.165) is 11.8 Å². The first-order chi connectivity index (χ1) is 10.7. The zero-order chi connectivity index (χ0) is 16.2. The molecule has 0 fully saturated rings. The van der Waals surface area contributed by atoms with Gasteiger partial charge in [0.2, 0.25) is 5.12 Å². The van der Waals surface area contributed by atoms with E-state index in [4.69, 9.17) is 14.2 Å². The van der Waals surface area contributed by atoms with Gasteiger partial charge in [0.25, 0.3) is 0 Å². The smallest absolute Gasteiger partial charge is 0.214 e. The van der Waals surface area contributed by atoms with E-state index in [1.165, 1.54) is 12.1 Å². The lowest BCUT2D eigenvalue weighted by atomic mass is 10.3. The second kappa shape index (κ2) is 11.6. The van der Waals surface area contributed by atoms with Crippen LogP contribution in [0.25, 0.3) is 0 Å². The van der Waals surface area contributed by atoms with Gasteiger partial charge in [-0.25, -0.2) is 4.39 Å². The Hall–Kier alpha value is -0.960. The summed E-state index contributed by atoms with van der Waals surface area (Å²) >= 11 is 5.04. The Bertz CT molecular complexity index is 462. The number of anilines is 1. The van der Waals surface area contributed by atoms with Crippen LogP contribution in [0, 0.1) is 5.82 Å². The third-order valence-corrected chi connectivity index (χ3v) is 3.40. The molecule has 0 amide bonds. The fraction of sp³-hybridized carbons (Fsp3) is 0.500. The van der Waals surface area contributed by atoms with E-state index >= 15 is 0 Å². The molecular formula is C14H20FNO4S2. The molecular weight excluding hydrogens is 329 g/mol. The van der Waals surface area contributed by atoms with Crippen LogP contribution in [0.2, 0.25) is 0 Å². The van der Waals surface area contributed by atoms with Gasteiger partial charge in [-0.2, -0.15) is 0 Å². The lowest BCUT2D eigenvalue weighted by Crippen LogP contribution is -2.11. The highest BCUT2D eigenvalue weighted by atomic mass is 32.2. The second-order valence-electron chi connectivity index (χ2n) is 4.20. The van der Waals surface area contributed by atoms with Gasteiger partial charge in [0.15, 0.2) is 11.6 Å². The summed E-state index contributed by atoms with van der Waals surface area (Å²) in [6, 6.07) is 4.40. The maximum Gasteiger partial charge on any atom is 0.214 e. The van der Waals surface area contributed by atoms with E-state index < -0.39 is 5.82 Å². The number of nitrogens with one attached hydrogen (secondary N) is 1. The summed E-state index contributed by atoms with van der Waals surface area (Å²) in [5, 5.41) is 0.00859. The monoisotopic (exact) mass is 349 g/mol. The van der Waals surface area contributed by atoms with E-state index in [9.17, 15) is 9.18 Å². The van der Waals surface area contributed by atoms with Gasteiger partial charge in [-0.1, -0.05) is 24.6 Å². The lowest BCUT2D eigenvalue weighted by molar-refractivity contribution is -0.115. The molecule has 0 heterocycles. The highest BCUT2D eigenvalue weighted by Gasteiger charge is 2.04. The Balaban J connectivity index is 2.05. The maximum absolute atomic E-state index is 13.5. The van der Waals surface area contributed by atoms with Crippen molar-refractivity contribution >= 4 is 35.4 Å². The topological polar surface area (TPSA) is 56.8 Å². The van der Waals surface area contributed by atoms with E-state index in [1.54, 1.807) is 12.3 Å². The normalized spacial score (nSPS) is 10.5. The summed E-state index contributed by atoms with van der Waals surface area (Å²) in [7, 11) is 0. The van der Waals surface area contributed by atoms with Crippen LogP contribution in [0.4, 0.5) is 10.1 Å². The molecule has 1 N–H and O–H groups in total. The number of thioether (sulfide) groups is 1. The van der Waals surface area contributed by atoms with Crippen molar-refractivity contribution in [3.63, 3.8) is 0 Å². The van der Waals surface area contributed by atoms with Crippen molar-refractivity contribution in [2.45, 2.75) is 6.42 Å². The van der Waals surface area contributed by atoms with Crippen molar-refractivity contribution in [1.82, 2.24) is 0 Å². The van der Waals surface area contributed by atoms with Gasteiger partial charge in [-0.05, 0) is 24.8 Å². The quantitative estimate of drug-likeness (QED) is 0.473. The summed E-state index contributed by atoms with van der Waals surface area (Å²) in [5.74, 6) is -0.277. The largest absolute Gasteiger partial charge is 0.488 e. The van der Waals surface area contributed by atoms with Crippen molar-refractivity contribution in [3.05, 3.63) is 24.0 Å². The van der Waals surface area contributed by atoms with Crippen LogP contribution < -0.4 is 9.46 Å². The first-order valence-electron chi connectivity index (χ1n) is 6.72. The molecule has 0 saturated heterocycles. The summed E-state index contributed by atoms with van der Waals surface area (Å²) < 4.78 is 31.9. The SMILES string of the molecule is CSC(=O)COCCCOCCOc1cc(NS)ccc1F. The van der Waals surface area contributed by atoms with E-state index in [-0.39, 0.29) is 24.1 Å². The fourth-order valence-electron chi connectivity index (χ4n) is 1.47. The fourth-order valence-corrected chi connectivity index (χ4v) is 1.81. The van der Waals surface area contributed by atoms with Crippen LogP contribution in [0.1, 0.15) is 6.42 Å². The van der Waals surface area contributed by atoms with Crippen LogP contribution in [0.3, 0.4) is 0 Å². The van der Waals surface area contributed by atoms with Crippen LogP contribution >= 0.6 is 24.6 Å². The van der Waals surface area contributed by atoms with Crippen LogP contribution in [0.5, 0.6) is 5.75 Å². The predicted molar refractivity (Wildman–Crippen MR) is 89.3 cm³/mol. The van der Waals surface area contributed by atoms with Crippen molar-refractivity contribution in [2.24, 2.45) is 0 Å². The summed E-state index contributed by atoms with van der Waals surface area (Å²) in [6.45, 7) is 1.69. The molecule has 0 atom stereocenters. The van der Waals surface area contributed by atoms with Gasteiger partial charge in [0, 0.05) is 25.0 Å². The van der Waals surface area contributed by atoms with Gasteiger partial charge >= 0.3 is 0 Å². The molecule has 0 aliphatic heterocycles. The predicted octanol–water partition coefficient (Wildman–Crippen LogP) is 2.77. The van der Waals surface area contributed by atoms with Gasteiger partial charge in [0.1, 0.15) is 13.2 Å². The summed E-state index contributed by atoms with van der Waals surface area (Å²) in [4.78, 5) is 10.9. The minimum atomic E-state index is -0.431. The second-order valence-corrected chi connectivity index (χ2v) is 5.29. The number of carbonyl (C=O) groups excluding carboxylic acids is 1. The molecule has 1 aromatic carbocycles. The number of ether oxygens (including phenoxy) is 3. The molecule has 5 nitrogen and oxygen atoms in total. The summed E-state index contributed by atoms with van der Waals surface area (Å²) in [5.41, 5.74) is 0.651. The molecule has 1 aromatic rings. The van der Waals surface area contributed by atoms with Gasteiger partial charge in [0.05, 0.1) is 6.61 Å². The Labute approximate surface area is 139 Å². The minimum absolute atomic E-state index is 0.00859. The molecule has 0 unspecified atom stereocenters. The third-order valence-electron chi connectivity index (χ3n) is 2.57. The van der Waals surface area contributed by atoms with E-state index in [2.05, 4.69) is 17.5 Å². The zero-order valence-corrected chi connectivity index (χ0v) is 14.1. The molecule has 0 aromatic heterocycles. The highest BCUT2D eigenvalue weighted by molar-refractivity contribution is 8.13. The molecule has 0 radical (unpaired) electrons. The number of thiol groups is 1. The van der Waals surface area contributed by atoms with Crippen molar-refractivity contribution < 1.29 is 23.4 Å². The van der Waals surface area contributed by atoms with Gasteiger partial charge in [-0.15, -0.1) is 0 Å². The minimum Gasteiger partial charge on any atom is -0.488 e. The number of hydrogen-bond donors (Lipinski definition) is 2. The molecule has 124 valence electrons. The molecule has 0 bridgehead atoms. The first-order valence-corrected chi connectivity index (χ1v) is 8.39. The maximum atomic E-state index is 13.5.